The number of nitrogens with one attached hydrogen (secondary N) is 1. The first-order chi connectivity index (χ1) is 6.11. The van der Waals surface area contributed by atoms with Crippen molar-refractivity contribution in [2.45, 2.75) is 31.3 Å². The van der Waals surface area contributed by atoms with E-state index in [1.165, 1.54) is 0 Å². The number of nitrogens with two attached hydrogens (primary N) is 1. The van der Waals surface area contributed by atoms with Crippen LogP contribution in [0.2, 0.25) is 0 Å². The van der Waals surface area contributed by atoms with Gasteiger partial charge in [0.15, 0.2) is 5.78 Å². The van der Waals surface area contributed by atoms with E-state index in [1.807, 2.05) is 0 Å². The fourth-order valence-electron chi connectivity index (χ4n) is 1.05. The Balaban J connectivity index is 0.000000145. The summed E-state index contributed by atoms with van der Waals surface area (Å²) in [5, 5.41) is 11.2. The lowest BCUT2D eigenvalue weighted by atomic mass is 10.2. The number of carbonyl (C=O) groups is 2. The third-order valence-corrected chi connectivity index (χ3v) is 2.03. The SMILES string of the molecule is NC1CC1=O.O=C(O)[C@@H]1CCCN1. The van der Waals surface area contributed by atoms with Crippen molar-refractivity contribution in [1.82, 2.24) is 5.32 Å². The summed E-state index contributed by atoms with van der Waals surface area (Å²) in [6, 6.07) is -0.356. The van der Waals surface area contributed by atoms with E-state index in [0.717, 1.165) is 19.4 Å². The number of hydrogen-bond donors (Lipinski definition) is 3. The summed E-state index contributed by atoms with van der Waals surface area (Å²) >= 11 is 0. The van der Waals surface area contributed by atoms with Crippen molar-refractivity contribution in [3.05, 3.63) is 0 Å². The van der Waals surface area contributed by atoms with Crippen molar-refractivity contribution in [3.63, 3.8) is 0 Å². The highest BCUT2D eigenvalue weighted by Crippen LogP contribution is 2.07. The second-order valence-corrected chi connectivity index (χ2v) is 3.26. The predicted molar refractivity (Wildman–Crippen MR) is 46.3 cm³/mol. The van der Waals surface area contributed by atoms with E-state index in [9.17, 15) is 9.59 Å². The lowest BCUT2D eigenvalue weighted by Gasteiger charge is -1.99. The number of rotatable bonds is 1. The Labute approximate surface area is 76.3 Å². The van der Waals surface area contributed by atoms with E-state index >= 15 is 0 Å². The Morgan fingerprint density at radius 2 is 2.15 bits per heavy atom. The van der Waals surface area contributed by atoms with Crippen LogP contribution in [0.3, 0.4) is 0 Å². The maximum absolute atomic E-state index is 10.1. The highest BCUT2D eigenvalue weighted by Gasteiger charge is 2.29. The molecule has 2 rings (SSSR count). The van der Waals surface area contributed by atoms with Crippen LogP contribution in [0.4, 0.5) is 0 Å². The third kappa shape index (κ3) is 3.52. The first kappa shape index (κ1) is 10.1. The second kappa shape index (κ2) is 4.34. The summed E-state index contributed by atoms with van der Waals surface area (Å²) in [4.78, 5) is 19.9. The van der Waals surface area contributed by atoms with Gasteiger partial charge in [-0.3, -0.25) is 9.59 Å². The molecule has 1 aliphatic carbocycles. The smallest absolute Gasteiger partial charge is 0.320 e. The van der Waals surface area contributed by atoms with E-state index in [4.69, 9.17) is 10.8 Å². The van der Waals surface area contributed by atoms with Crippen LogP contribution in [0, 0.1) is 0 Å². The van der Waals surface area contributed by atoms with Crippen LogP contribution in [-0.2, 0) is 9.59 Å². The van der Waals surface area contributed by atoms with Crippen LogP contribution in [0.15, 0.2) is 0 Å². The molecule has 0 bridgehead atoms. The molecule has 13 heavy (non-hydrogen) atoms. The van der Waals surface area contributed by atoms with E-state index in [2.05, 4.69) is 5.32 Å². The quantitative estimate of drug-likeness (QED) is 0.494. The number of carbonyl (C=O) groups excluding carboxylic acids is 1. The number of hydrogen-bond acceptors (Lipinski definition) is 4. The molecule has 1 saturated carbocycles. The molecule has 0 aromatic heterocycles. The third-order valence-electron chi connectivity index (χ3n) is 2.03. The zero-order valence-corrected chi connectivity index (χ0v) is 7.32. The molecule has 2 atom stereocenters. The molecule has 0 spiro atoms. The normalized spacial score (nSPS) is 30.7. The minimum absolute atomic E-state index is 0.0880. The molecular weight excluding hydrogens is 172 g/mol. The van der Waals surface area contributed by atoms with Crippen LogP contribution >= 0.6 is 0 Å². The molecule has 5 heteroatoms. The molecule has 2 aliphatic rings. The lowest BCUT2D eigenvalue weighted by Crippen LogP contribution is -2.29. The highest BCUT2D eigenvalue weighted by molar-refractivity contribution is 5.99. The van der Waals surface area contributed by atoms with Gasteiger partial charge < -0.3 is 16.2 Å². The number of carboxylic acids is 1. The highest BCUT2D eigenvalue weighted by atomic mass is 16.4. The molecule has 0 aromatic carbocycles. The monoisotopic (exact) mass is 186 g/mol. The van der Waals surface area contributed by atoms with Crippen molar-refractivity contribution >= 4 is 11.8 Å². The number of carboxylic acid groups (broad SMARTS) is 1. The lowest BCUT2D eigenvalue weighted by molar-refractivity contribution is -0.139. The molecule has 0 amide bonds. The fraction of sp³-hybridized carbons (Fsp3) is 0.750. The van der Waals surface area contributed by atoms with Crippen molar-refractivity contribution in [3.8, 4) is 0 Å². The Bertz CT molecular complexity index is 211. The Morgan fingerprint density at radius 1 is 1.62 bits per heavy atom. The van der Waals surface area contributed by atoms with Gasteiger partial charge in [-0.05, 0) is 19.4 Å². The zero-order chi connectivity index (χ0) is 9.84. The fourth-order valence-corrected chi connectivity index (χ4v) is 1.05. The Hall–Kier alpha value is -0.940. The summed E-state index contributed by atoms with van der Waals surface area (Å²) in [6.07, 6.45) is 2.40. The predicted octanol–water partition coefficient (Wildman–Crippen LogP) is -0.891. The number of aliphatic carboxylic acids is 1. The van der Waals surface area contributed by atoms with Crippen LogP contribution in [0.5, 0.6) is 0 Å². The summed E-state index contributed by atoms with van der Waals surface area (Å²) in [7, 11) is 0. The molecular formula is C8H14N2O3. The van der Waals surface area contributed by atoms with Crippen LogP contribution in [-0.4, -0.2) is 35.5 Å². The zero-order valence-electron chi connectivity index (χ0n) is 7.32. The summed E-state index contributed by atoms with van der Waals surface area (Å²) < 4.78 is 0. The van der Waals surface area contributed by atoms with Crippen molar-refractivity contribution in [1.29, 1.82) is 0 Å². The molecule has 0 radical (unpaired) electrons. The number of ketones is 1. The maximum atomic E-state index is 10.1. The van der Waals surface area contributed by atoms with Gasteiger partial charge in [-0.1, -0.05) is 0 Å². The molecule has 1 unspecified atom stereocenters. The van der Waals surface area contributed by atoms with E-state index in [0.29, 0.717) is 6.42 Å². The van der Waals surface area contributed by atoms with Crippen molar-refractivity contribution in [2.75, 3.05) is 6.54 Å². The van der Waals surface area contributed by atoms with E-state index in [-0.39, 0.29) is 17.9 Å². The van der Waals surface area contributed by atoms with Gasteiger partial charge in [0.2, 0.25) is 0 Å². The van der Waals surface area contributed by atoms with Crippen LogP contribution in [0.1, 0.15) is 19.3 Å². The first-order valence-electron chi connectivity index (χ1n) is 4.35. The van der Waals surface area contributed by atoms with Gasteiger partial charge in [0.25, 0.3) is 0 Å². The van der Waals surface area contributed by atoms with Gasteiger partial charge in [-0.25, -0.2) is 0 Å². The number of Topliss-reactive ketones (excluding diaryl/α,β-unsaturated/α-hetero) is 1. The molecule has 4 N–H and O–H groups in total. The van der Waals surface area contributed by atoms with Crippen molar-refractivity contribution in [2.24, 2.45) is 5.73 Å². The molecule has 74 valence electrons. The Kier molecular flexibility index (Phi) is 3.39. The van der Waals surface area contributed by atoms with Gasteiger partial charge in [-0.15, -0.1) is 0 Å². The standard InChI is InChI=1S/C5H9NO2.C3H5NO/c7-5(8)4-2-1-3-6-4;4-2-1-3(2)5/h4,6H,1-3H2,(H,7,8);2H,1,4H2/t4-;/m0./s1. The van der Waals surface area contributed by atoms with Crippen LogP contribution < -0.4 is 11.1 Å². The minimum Gasteiger partial charge on any atom is -0.480 e. The topological polar surface area (TPSA) is 92.4 Å². The maximum Gasteiger partial charge on any atom is 0.320 e. The summed E-state index contributed by atoms with van der Waals surface area (Å²) in [6.45, 7) is 0.858. The first-order valence-corrected chi connectivity index (χ1v) is 4.35. The second-order valence-electron chi connectivity index (χ2n) is 3.26. The van der Waals surface area contributed by atoms with Crippen molar-refractivity contribution < 1.29 is 14.7 Å². The minimum atomic E-state index is -0.720. The average molecular weight is 186 g/mol. The van der Waals surface area contributed by atoms with Gasteiger partial charge in [0, 0.05) is 6.42 Å². The molecule has 5 nitrogen and oxygen atoms in total. The van der Waals surface area contributed by atoms with E-state index in [1.54, 1.807) is 0 Å². The molecule has 0 aromatic rings. The molecule has 1 heterocycles. The molecule has 1 saturated heterocycles. The molecule has 1 aliphatic heterocycles. The van der Waals surface area contributed by atoms with Gasteiger partial charge in [-0.2, -0.15) is 0 Å². The van der Waals surface area contributed by atoms with Gasteiger partial charge in [0.05, 0.1) is 6.04 Å². The van der Waals surface area contributed by atoms with E-state index < -0.39 is 5.97 Å². The Morgan fingerprint density at radius 3 is 2.31 bits per heavy atom. The summed E-state index contributed by atoms with van der Waals surface area (Å²) in [5.41, 5.74) is 5.02. The summed E-state index contributed by atoms with van der Waals surface area (Å²) in [5.74, 6) is -0.521. The molecule has 2 fully saturated rings. The average Bonchev–Trinajstić information content (AvgIpc) is 2.61. The largest absolute Gasteiger partial charge is 0.480 e. The van der Waals surface area contributed by atoms with Gasteiger partial charge in [0.1, 0.15) is 6.04 Å². The van der Waals surface area contributed by atoms with Crippen LogP contribution in [0.25, 0.3) is 0 Å². The van der Waals surface area contributed by atoms with Gasteiger partial charge >= 0.3 is 5.97 Å².